The Hall–Kier alpha value is -3.61. The largest absolute Gasteiger partial charge is 0.508 e. The molecule has 4 rings (SSSR count). The SMILES string of the molecule is Oc1cccc(Nc2nc(Nc3cccc4cccn34)ncc2F)c1. The van der Waals surface area contributed by atoms with Crippen LogP contribution in [0.4, 0.5) is 27.7 Å². The first kappa shape index (κ1) is 14.9. The van der Waals surface area contributed by atoms with Gasteiger partial charge in [-0.2, -0.15) is 4.98 Å². The fourth-order valence-electron chi connectivity index (χ4n) is 2.52. The highest BCUT2D eigenvalue weighted by atomic mass is 19.1. The van der Waals surface area contributed by atoms with Gasteiger partial charge in [-0.25, -0.2) is 9.37 Å². The number of fused-ring (bicyclic) bond motifs is 1. The van der Waals surface area contributed by atoms with Crippen molar-refractivity contribution >= 4 is 28.8 Å². The lowest BCUT2D eigenvalue weighted by Crippen LogP contribution is -2.05. The van der Waals surface area contributed by atoms with E-state index < -0.39 is 5.82 Å². The average Bonchev–Trinajstić information content (AvgIpc) is 3.08. The minimum Gasteiger partial charge on any atom is -0.508 e. The lowest BCUT2D eigenvalue weighted by Gasteiger charge is -2.11. The van der Waals surface area contributed by atoms with Gasteiger partial charge in [0, 0.05) is 23.5 Å². The highest BCUT2D eigenvalue weighted by Gasteiger charge is 2.09. The van der Waals surface area contributed by atoms with E-state index in [0.29, 0.717) is 5.69 Å². The molecule has 3 heterocycles. The Morgan fingerprint density at radius 1 is 1.00 bits per heavy atom. The highest BCUT2D eigenvalue weighted by molar-refractivity contribution is 5.62. The number of benzene rings is 1. The number of rotatable bonds is 4. The minimum absolute atomic E-state index is 0.0165. The third-order valence-corrected chi connectivity index (χ3v) is 3.65. The van der Waals surface area contributed by atoms with E-state index in [0.717, 1.165) is 17.5 Å². The van der Waals surface area contributed by atoms with Gasteiger partial charge in [0.2, 0.25) is 5.95 Å². The van der Waals surface area contributed by atoms with Crippen LogP contribution in [0.25, 0.3) is 5.52 Å². The molecule has 124 valence electrons. The third-order valence-electron chi connectivity index (χ3n) is 3.65. The van der Waals surface area contributed by atoms with Gasteiger partial charge in [0.1, 0.15) is 11.6 Å². The summed E-state index contributed by atoms with van der Waals surface area (Å²) in [4.78, 5) is 8.17. The van der Waals surface area contributed by atoms with E-state index in [1.54, 1.807) is 12.1 Å². The van der Waals surface area contributed by atoms with E-state index in [1.165, 1.54) is 12.1 Å². The zero-order valence-electron chi connectivity index (χ0n) is 13.0. The molecule has 3 aromatic heterocycles. The minimum atomic E-state index is -0.590. The Kier molecular flexibility index (Phi) is 3.66. The third kappa shape index (κ3) is 3.07. The van der Waals surface area contributed by atoms with Gasteiger partial charge < -0.3 is 20.1 Å². The fourth-order valence-corrected chi connectivity index (χ4v) is 2.52. The summed E-state index contributed by atoms with van der Waals surface area (Å²) in [5.74, 6) is 0.524. The second-order valence-corrected chi connectivity index (χ2v) is 5.40. The van der Waals surface area contributed by atoms with E-state index in [1.807, 2.05) is 40.9 Å². The Morgan fingerprint density at radius 3 is 2.72 bits per heavy atom. The molecular formula is C18H14FN5O. The number of hydrogen-bond acceptors (Lipinski definition) is 5. The molecule has 0 spiro atoms. The van der Waals surface area contributed by atoms with Crippen LogP contribution in [0.5, 0.6) is 5.75 Å². The summed E-state index contributed by atoms with van der Waals surface area (Å²) in [6, 6.07) is 16.0. The first-order chi connectivity index (χ1) is 12.2. The lowest BCUT2D eigenvalue weighted by molar-refractivity contribution is 0.475. The number of aromatic nitrogens is 3. The van der Waals surface area contributed by atoms with E-state index in [2.05, 4.69) is 20.6 Å². The number of pyridine rings is 1. The molecular weight excluding hydrogens is 321 g/mol. The van der Waals surface area contributed by atoms with Crippen molar-refractivity contribution in [3.05, 3.63) is 72.8 Å². The predicted molar refractivity (Wildman–Crippen MR) is 94.1 cm³/mol. The lowest BCUT2D eigenvalue weighted by atomic mass is 10.3. The molecule has 0 saturated carbocycles. The molecule has 0 aliphatic heterocycles. The topological polar surface area (TPSA) is 74.5 Å². The van der Waals surface area contributed by atoms with E-state index in [4.69, 9.17) is 0 Å². The van der Waals surface area contributed by atoms with Gasteiger partial charge in [-0.05, 0) is 36.4 Å². The Bertz CT molecular complexity index is 1050. The quantitative estimate of drug-likeness (QED) is 0.524. The summed E-state index contributed by atoms with van der Waals surface area (Å²) >= 11 is 0. The summed E-state index contributed by atoms with van der Waals surface area (Å²) in [7, 11) is 0. The maximum Gasteiger partial charge on any atom is 0.230 e. The van der Waals surface area contributed by atoms with Crippen molar-refractivity contribution in [1.29, 1.82) is 0 Å². The highest BCUT2D eigenvalue weighted by Crippen LogP contribution is 2.23. The molecule has 1 aromatic carbocycles. The van der Waals surface area contributed by atoms with Gasteiger partial charge in [0.25, 0.3) is 0 Å². The molecule has 0 saturated heterocycles. The van der Waals surface area contributed by atoms with Gasteiger partial charge >= 0.3 is 0 Å². The molecule has 0 aliphatic carbocycles. The normalized spacial score (nSPS) is 10.8. The molecule has 7 heteroatoms. The molecule has 3 N–H and O–H groups in total. The second-order valence-electron chi connectivity index (χ2n) is 5.40. The molecule has 0 fully saturated rings. The van der Waals surface area contributed by atoms with Crippen molar-refractivity contribution in [3.63, 3.8) is 0 Å². The summed E-state index contributed by atoms with van der Waals surface area (Å²) in [5, 5.41) is 15.4. The standard InChI is InChI=1S/C18H14FN5O/c19-15-11-20-18(22-16-8-2-5-13-6-3-9-24(13)16)23-17(15)21-12-4-1-7-14(25)10-12/h1-11,25H,(H2,20,21,22,23). The molecule has 0 atom stereocenters. The second kappa shape index (κ2) is 6.12. The number of anilines is 4. The van der Waals surface area contributed by atoms with Crippen molar-refractivity contribution in [2.75, 3.05) is 10.6 Å². The van der Waals surface area contributed by atoms with Crippen LogP contribution in [-0.2, 0) is 0 Å². The van der Waals surface area contributed by atoms with Gasteiger partial charge in [-0.15, -0.1) is 0 Å². The van der Waals surface area contributed by atoms with Gasteiger partial charge in [-0.3, -0.25) is 0 Å². The van der Waals surface area contributed by atoms with E-state index in [9.17, 15) is 9.50 Å². The van der Waals surface area contributed by atoms with Crippen LogP contribution in [0, 0.1) is 5.82 Å². The summed E-state index contributed by atoms with van der Waals surface area (Å²) < 4.78 is 16.0. The maximum atomic E-state index is 14.0. The van der Waals surface area contributed by atoms with Gasteiger partial charge in [-0.1, -0.05) is 12.1 Å². The Balaban J connectivity index is 1.64. The maximum absolute atomic E-state index is 14.0. The van der Waals surface area contributed by atoms with Crippen LogP contribution < -0.4 is 10.6 Å². The number of aromatic hydroxyl groups is 1. The summed E-state index contributed by atoms with van der Waals surface area (Å²) in [5.41, 5.74) is 1.54. The van der Waals surface area contributed by atoms with Crippen molar-refractivity contribution in [2.45, 2.75) is 0 Å². The summed E-state index contributed by atoms with van der Waals surface area (Å²) in [6.07, 6.45) is 3.00. The molecule has 0 unspecified atom stereocenters. The molecule has 0 radical (unpaired) electrons. The number of halogens is 1. The molecule has 25 heavy (non-hydrogen) atoms. The molecule has 4 aromatic rings. The predicted octanol–water partition coefficient (Wildman–Crippen LogP) is 4.06. The fraction of sp³-hybridized carbons (Fsp3) is 0. The average molecular weight is 335 g/mol. The van der Waals surface area contributed by atoms with Crippen molar-refractivity contribution in [1.82, 2.24) is 14.4 Å². The van der Waals surface area contributed by atoms with E-state index in [-0.39, 0.29) is 17.5 Å². The molecule has 0 bridgehead atoms. The van der Waals surface area contributed by atoms with Crippen LogP contribution in [-0.4, -0.2) is 19.5 Å². The Labute approximate surface area is 142 Å². The van der Waals surface area contributed by atoms with Crippen LogP contribution in [0.2, 0.25) is 0 Å². The van der Waals surface area contributed by atoms with Crippen LogP contribution in [0.15, 0.2) is 67.0 Å². The van der Waals surface area contributed by atoms with Crippen molar-refractivity contribution < 1.29 is 9.50 Å². The van der Waals surface area contributed by atoms with Crippen molar-refractivity contribution in [2.24, 2.45) is 0 Å². The van der Waals surface area contributed by atoms with Crippen LogP contribution >= 0.6 is 0 Å². The van der Waals surface area contributed by atoms with Gasteiger partial charge in [0.15, 0.2) is 11.6 Å². The smallest absolute Gasteiger partial charge is 0.230 e. The zero-order chi connectivity index (χ0) is 17.2. The number of nitrogens with one attached hydrogen (secondary N) is 2. The number of nitrogens with zero attached hydrogens (tertiary/aromatic N) is 3. The number of hydrogen-bond donors (Lipinski definition) is 3. The zero-order valence-corrected chi connectivity index (χ0v) is 13.0. The summed E-state index contributed by atoms with van der Waals surface area (Å²) in [6.45, 7) is 0. The van der Waals surface area contributed by atoms with Crippen molar-refractivity contribution in [3.8, 4) is 5.75 Å². The number of phenolic OH excluding ortho intramolecular Hbond substituents is 1. The van der Waals surface area contributed by atoms with Crippen LogP contribution in [0.3, 0.4) is 0 Å². The molecule has 0 aliphatic rings. The molecule has 0 amide bonds. The van der Waals surface area contributed by atoms with Crippen LogP contribution in [0.1, 0.15) is 0 Å². The van der Waals surface area contributed by atoms with Gasteiger partial charge in [0.05, 0.1) is 6.20 Å². The first-order valence-corrected chi connectivity index (χ1v) is 7.61. The monoisotopic (exact) mass is 335 g/mol. The number of phenols is 1. The molecule has 6 nitrogen and oxygen atoms in total. The van der Waals surface area contributed by atoms with E-state index >= 15 is 0 Å². The first-order valence-electron chi connectivity index (χ1n) is 7.61. The Morgan fingerprint density at radius 2 is 1.84 bits per heavy atom.